The van der Waals surface area contributed by atoms with Gasteiger partial charge < -0.3 is 4.74 Å². The summed E-state index contributed by atoms with van der Waals surface area (Å²) in [4.78, 5) is 2.61. The van der Waals surface area contributed by atoms with Crippen molar-refractivity contribution in [3.63, 3.8) is 0 Å². The Morgan fingerprint density at radius 2 is 2.08 bits per heavy atom. The average molecular weight is 169 g/mol. The van der Waals surface area contributed by atoms with Crippen LogP contribution in [0.15, 0.2) is 0 Å². The van der Waals surface area contributed by atoms with Gasteiger partial charge in [0.2, 0.25) is 0 Å². The van der Waals surface area contributed by atoms with E-state index in [1.807, 2.05) is 0 Å². The maximum atomic E-state index is 5.52. The van der Waals surface area contributed by atoms with E-state index in [0.717, 1.165) is 31.7 Å². The monoisotopic (exact) mass is 169 g/mol. The van der Waals surface area contributed by atoms with Crippen LogP contribution in [0, 0.1) is 5.92 Å². The van der Waals surface area contributed by atoms with Gasteiger partial charge in [-0.25, -0.2) is 0 Å². The van der Waals surface area contributed by atoms with Gasteiger partial charge >= 0.3 is 0 Å². The summed E-state index contributed by atoms with van der Waals surface area (Å²) in [6.45, 7) is 7.63. The van der Waals surface area contributed by atoms with Crippen molar-refractivity contribution in [2.24, 2.45) is 5.92 Å². The summed E-state index contributed by atoms with van der Waals surface area (Å²) in [5.74, 6) is 0.952. The van der Waals surface area contributed by atoms with E-state index in [1.54, 1.807) is 0 Å². The highest BCUT2D eigenvalue weighted by atomic mass is 16.5. The molecule has 1 aliphatic heterocycles. The van der Waals surface area contributed by atoms with Crippen molar-refractivity contribution in [3.05, 3.63) is 0 Å². The lowest BCUT2D eigenvalue weighted by molar-refractivity contribution is -0.0301. The topological polar surface area (TPSA) is 12.5 Å². The smallest absolute Gasteiger partial charge is 0.0625 e. The van der Waals surface area contributed by atoms with Gasteiger partial charge in [0.15, 0.2) is 0 Å². The first-order chi connectivity index (χ1) is 5.79. The fraction of sp³-hybridized carbons (Fsp3) is 1.00. The average Bonchev–Trinajstić information content (AvgIpc) is 2.87. The van der Waals surface area contributed by atoms with Gasteiger partial charge in [-0.05, 0) is 32.6 Å². The van der Waals surface area contributed by atoms with Crippen molar-refractivity contribution in [3.8, 4) is 0 Å². The Labute approximate surface area is 74.9 Å². The fourth-order valence-electron chi connectivity index (χ4n) is 2.16. The number of hydrogen-bond donors (Lipinski definition) is 0. The van der Waals surface area contributed by atoms with Crippen LogP contribution >= 0.6 is 0 Å². The molecule has 2 rings (SSSR count). The molecule has 2 fully saturated rings. The van der Waals surface area contributed by atoms with E-state index in [9.17, 15) is 0 Å². The molecule has 0 N–H and O–H groups in total. The Bertz CT molecular complexity index is 144. The van der Waals surface area contributed by atoms with Crippen LogP contribution in [0.25, 0.3) is 0 Å². The quantitative estimate of drug-likeness (QED) is 0.621. The molecule has 0 aromatic heterocycles. The SMILES string of the molecule is CC(C)N1CCOC[C@@H]1C1CC1. The largest absolute Gasteiger partial charge is 0.378 e. The summed E-state index contributed by atoms with van der Waals surface area (Å²) in [6, 6.07) is 1.43. The highest BCUT2D eigenvalue weighted by Gasteiger charge is 2.37. The first-order valence-electron chi connectivity index (χ1n) is 5.12. The molecule has 12 heavy (non-hydrogen) atoms. The molecule has 1 aliphatic carbocycles. The Kier molecular flexibility index (Phi) is 2.37. The molecule has 0 radical (unpaired) electrons. The molecule has 0 spiro atoms. The zero-order valence-corrected chi connectivity index (χ0v) is 8.12. The normalized spacial score (nSPS) is 32.8. The molecular weight excluding hydrogens is 150 g/mol. The molecule has 0 aromatic carbocycles. The minimum atomic E-state index is 0.694. The first-order valence-corrected chi connectivity index (χ1v) is 5.12. The summed E-state index contributed by atoms with van der Waals surface area (Å²) < 4.78 is 5.52. The van der Waals surface area contributed by atoms with Crippen LogP contribution in [0.4, 0.5) is 0 Å². The third-order valence-electron chi connectivity index (χ3n) is 3.04. The molecule has 0 aromatic rings. The Morgan fingerprint density at radius 3 is 2.67 bits per heavy atom. The predicted octanol–water partition coefficient (Wildman–Crippen LogP) is 1.51. The van der Waals surface area contributed by atoms with Crippen LogP contribution in [0.5, 0.6) is 0 Å². The van der Waals surface area contributed by atoms with E-state index >= 15 is 0 Å². The van der Waals surface area contributed by atoms with E-state index in [-0.39, 0.29) is 0 Å². The highest BCUT2D eigenvalue weighted by molar-refractivity contribution is 4.90. The summed E-state index contributed by atoms with van der Waals surface area (Å²) in [7, 11) is 0. The van der Waals surface area contributed by atoms with Gasteiger partial charge in [-0.15, -0.1) is 0 Å². The zero-order chi connectivity index (χ0) is 8.55. The van der Waals surface area contributed by atoms with Gasteiger partial charge in [-0.1, -0.05) is 0 Å². The van der Waals surface area contributed by atoms with Crippen LogP contribution < -0.4 is 0 Å². The maximum Gasteiger partial charge on any atom is 0.0625 e. The molecule has 2 nitrogen and oxygen atoms in total. The summed E-state index contributed by atoms with van der Waals surface area (Å²) in [6.07, 6.45) is 2.86. The summed E-state index contributed by atoms with van der Waals surface area (Å²) in [5.41, 5.74) is 0. The van der Waals surface area contributed by atoms with Crippen LogP contribution in [0.2, 0.25) is 0 Å². The van der Waals surface area contributed by atoms with Crippen molar-refractivity contribution in [1.29, 1.82) is 0 Å². The highest BCUT2D eigenvalue weighted by Crippen LogP contribution is 2.37. The van der Waals surface area contributed by atoms with E-state index < -0.39 is 0 Å². The zero-order valence-electron chi connectivity index (χ0n) is 8.12. The van der Waals surface area contributed by atoms with Crippen LogP contribution in [-0.4, -0.2) is 36.7 Å². The van der Waals surface area contributed by atoms with E-state index in [2.05, 4.69) is 18.7 Å². The predicted molar refractivity (Wildman–Crippen MR) is 49.2 cm³/mol. The second-order valence-electron chi connectivity index (χ2n) is 4.31. The standard InChI is InChI=1S/C10H19NO/c1-8(2)11-5-6-12-7-10(11)9-3-4-9/h8-10H,3-7H2,1-2H3/t10-/m1/s1. The van der Waals surface area contributed by atoms with Gasteiger partial charge in [-0.3, -0.25) is 4.90 Å². The number of rotatable bonds is 2. The van der Waals surface area contributed by atoms with E-state index in [1.165, 1.54) is 12.8 Å². The van der Waals surface area contributed by atoms with Crippen molar-refractivity contribution in [2.45, 2.75) is 38.8 Å². The second kappa shape index (κ2) is 3.35. The summed E-state index contributed by atoms with van der Waals surface area (Å²) >= 11 is 0. The molecule has 1 heterocycles. The molecule has 2 aliphatic rings. The number of hydrogen-bond acceptors (Lipinski definition) is 2. The van der Waals surface area contributed by atoms with Crippen molar-refractivity contribution in [1.82, 2.24) is 4.90 Å². The summed E-state index contributed by atoms with van der Waals surface area (Å²) in [5, 5.41) is 0. The van der Waals surface area contributed by atoms with Crippen LogP contribution in [0.3, 0.4) is 0 Å². The molecule has 70 valence electrons. The lowest BCUT2D eigenvalue weighted by atomic mass is 10.1. The third kappa shape index (κ3) is 1.64. The molecule has 1 saturated carbocycles. The third-order valence-corrected chi connectivity index (χ3v) is 3.04. The van der Waals surface area contributed by atoms with Crippen LogP contribution in [-0.2, 0) is 4.74 Å². The number of ether oxygens (including phenoxy) is 1. The molecule has 0 amide bonds. The Balaban J connectivity index is 1.96. The first kappa shape index (κ1) is 8.52. The molecule has 1 atom stereocenters. The maximum absolute atomic E-state index is 5.52. The van der Waals surface area contributed by atoms with Gasteiger partial charge in [0, 0.05) is 18.6 Å². The Hall–Kier alpha value is -0.0800. The molecule has 1 saturated heterocycles. The van der Waals surface area contributed by atoms with Crippen molar-refractivity contribution < 1.29 is 4.74 Å². The molecular formula is C10H19NO. The van der Waals surface area contributed by atoms with Gasteiger partial charge in [0.25, 0.3) is 0 Å². The molecule has 2 heteroatoms. The van der Waals surface area contributed by atoms with Gasteiger partial charge in [0.1, 0.15) is 0 Å². The van der Waals surface area contributed by atoms with Crippen molar-refractivity contribution >= 4 is 0 Å². The lowest BCUT2D eigenvalue weighted by Crippen LogP contribution is -2.49. The fourth-order valence-corrected chi connectivity index (χ4v) is 2.16. The molecule has 0 bridgehead atoms. The van der Waals surface area contributed by atoms with Gasteiger partial charge in [0.05, 0.1) is 13.2 Å². The number of morpholine rings is 1. The van der Waals surface area contributed by atoms with Gasteiger partial charge in [-0.2, -0.15) is 0 Å². The Morgan fingerprint density at radius 1 is 1.33 bits per heavy atom. The minimum absolute atomic E-state index is 0.694. The van der Waals surface area contributed by atoms with E-state index in [0.29, 0.717) is 6.04 Å². The van der Waals surface area contributed by atoms with Crippen LogP contribution in [0.1, 0.15) is 26.7 Å². The van der Waals surface area contributed by atoms with E-state index in [4.69, 9.17) is 4.74 Å². The lowest BCUT2D eigenvalue weighted by Gasteiger charge is -2.38. The number of nitrogens with zero attached hydrogens (tertiary/aromatic N) is 1. The minimum Gasteiger partial charge on any atom is -0.378 e. The second-order valence-corrected chi connectivity index (χ2v) is 4.31. The molecule has 0 unspecified atom stereocenters. The van der Waals surface area contributed by atoms with Crippen molar-refractivity contribution in [2.75, 3.05) is 19.8 Å².